The molecule has 1 saturated heterocycles. The molecule has 1 fully saturated rings. The number of hydrogen-bond donors (Lipinski definition) is 1. The third kappa shape index (κ3) is 5.39. The van der Waals surface area contributed by atoms with Crippen molar-refractivity contribution in [3.63, 3.8) is 0 Å². The van der Waals surface area contributed by atoms with Crippen molar-refractivity contribution < 1.29 is 14.3 Å². The maximum absolute atomic E-state index is 12.2. The molecule has 144 valence electrons. The molecule has 0 aromatic heterocycles. The van der Waals surface area contributed by atoms with Gasteiger partial charge in [0.2, 0.25) is 0 Å². The first-order chi connectivity index (χ1) is 12.6. The van der Waals surface area contributed by atoms with E-state index >= 15 is 0 Å². The van der Waals surface area contributed by atoms with Crippen LogP contribution in [0, 0.1) is 0 Å². The number of rotatable bonds is 8. The summed E-state index contributed by atoms with van der Waals surface area (Å²) in [6.45, 7) is 6.67. The lowest BCUT2D eigenvalue weighted by molar-refractivity contribution is 0.127. The van der Waals surface area contributed by atoms with E-state index < -0.39 is 0 Å². The van der Waals surface area contributed by atoms with E-state index in [1.165, 1.54) is 5.56 Å². The van der Waals surface area contributed by atoms with Gasteiger partial charge in [-0.25, -0.2) is 4.79 Å². The fourth-order valence-electron chi connectivity index (χ4n) is 3.29. The lowest BCUT2D eigenvalue weighted by Gasteiger charge is -2.37. The molecule has 0 bridgehead atoms. The van der Waals surface area contributed by atoms with E-state index in [1.807, 2.05) is 17.0 Å². The summed E-state index contributed by atoms with van der Waals surface area (Å²) in [5.41, 5.74) is 1.21. The summed E-state index contributed by atoms with van der Waals surface area (Å²) in [7, 11) is 5.43. The van der Waals surface area contributed by atoms with Crippen molar-refractivity contribution >= 4 is 6.03 Å². The molecule has 0 saturated carbocycles. The van der Waals surface area contributed by atoms with E-state index in [2.05, 4.69) is 29.9 Å². The summed E-state index contributed by atoms with van der Waals surface area (Å²) in [6, 6.07) is 6.44. The molecule has 1 aliphatic heterocycles. The minimum Gasteiger partial charge on any atom is -0.493 e. The zero-order chi connectivity index (χ0) is 18.9. The van der Waals surface area contributed by atoms with Gasteiger partial charge in [-0.2, -0.15) is 0 Å². The Bertz CT molecular complexity index is 606. The third-order valence-corrected chi connectivity index (χ3v) is 4.91. The highest BCUT2D eigenvalue weighted by molar-refractivity contribution is 5.74. The topological polar surface area (TPSA) is 54.0 Å². The highest BCUT2D eigenvalue weighted by atomic mass is 16.5. The van der Waals surface area contributed by atoms with Crippen LogP contribution < -0.4 is 14.8 Å². The zero-order valence-electron chi connectivity index (χ0n) is 16.2. The summed E-state index contributed by atoms with van der Waals surface area (Å²) in [6.07, 6.45) is 4.78. The van der Waals surface area contributed by atoms with Gasteiger partial charge in [-0.1, -0.05) is 12.1 Å². The van der Waals surface area contributed by atoms with Crippen molar-refractivity contribution in [3.05, 3.63) is 36.4 Å². The van der Waals surface area contributed by atoms with Gasteiger partial charge in [-0.05, 0) is 44.0 Å². The molecule has 6 heteroatoms. The number of carbonyl (C=O) groups is 1. The first-order valence-electron chi connectivity index (χ1n) is 9.13. The maximum atomic E-state index is 12.2. The van der Waals surface area contributed by atoms with Gasteiger partial charge in [0.1, 0.15) is 0 Å². The zero-order valence-corrected chi connectivity index (χ0v) is 16.2. The quantitative estimate of drug-likeness (QED) is 0.723. The Hall–Kier alpha value is -2.21. The van der Waals surface area contributed by atoms with Gasteiger partial charge in [0, 0.05) is 32.2 Å². The fourth-order valence-corrected chi connectivity index (χ4v) is 3.29. The molecule has 1 atom stereocenters. The maximum Gasteiger partial charge on any atom is 0.317 e. The van der Waals surface area contributed by atoms with Gasteiger partial charge >= 0.3 is 6.03 Å². The van der Waals surface area contributed by atoms with Gasteiger partial charge < -0.3 is 24.6 Å². The van der Waals surface area contributed by atoms with Crippen LogP contribution in [0.1, 0.15) is 18.4 Å². The number of piperidine rings is 1. The molecular weight excluding hydrogens is 330 g/mol. The Labute approximate surface area is 156 Å². The van der Waals surface area contributed by atoms with Crippen molar-refractivity contribution in [2.45, 2.75) is 25.3 Å². The second kappa shape index (κ2) is 10.1. The number of likely N-dealkylation sites (tertiary alicyclic amines) is 1. The van der Waals surface area contributed by atoms with Crippen LogP contribution in [0.25, 0.3) is 0 Å². The average Bonchev–Trinajstić information content (AvgIpc) is 2.69. The number of nitrogens with one attached hydrogen (secondary N) is 1. The van der Waals surface area contributed by atoms with E-state index in [-0.39, 0.29) is 6.03 Å². The number of likely N-dealkylation sites (N-methyl/N-ethyl adjacent to an activating group) is 1. The number of nitrogens with zero attached hydrogens (tertiary/aromatic N) is 2. The van der Waals surface area contributed by atoms with Gasteiger partial charge in [0.05, 0.1) is 14.2 Å². The lowest BCUT2D eigenvalue weighted by atomic mass is 10.0. The van der Waals surface area contributed by atoms with Crippen LogP contribution in [0.2, 0.25) is 0 Å². The average molecular weight is 361 g/mol. The largest absolute Gasteiger partial charge is 0.493 e. The number of benzene rings is 1. The second-order valence-corrected chi connectivity index (χ2v) is 6.64. The molecular formula is C20H31N3O3. The second-order valence-electron chi connectivity index (χ2n) is 6.64. The monoisotopic (exact) mass is 361 g/mol. The van der Waals surface area contributed by atoms with Crippen LogP contribution in [0.5, 0.6) is 11.5 Å². The Kier molecular flexibility index (Phi) is 7.78. The molecule has 0 radical (unpaired) electrons. The van der Waals surface area contributed by atoms with Crippen LogP contribution in [-0.4, -0.2) is 69.3 Å². The molecule has 1 aromatic carbocycles. The Morgan fingerprint density at radius 1 is 1.38 bits per heavy atom. The van der Waals surface area contributed by atoms with Gasteiger partial charge in [-0.15, -0.1) is 6.58 Å². The molecule has 6 nitrogen and oxygen atoms in total. The third-order valence-electron chi connectivity index (χ3n) is 4.91. The van der Waals surface area contributed by atoms with Crippen molar-refractivity contribution in [3.8, 4) is 11.5 Å². The van der Waals surface area contributed by atoms with Crippen LogP contribution >= 0.6 is 0 Å². The first-order valence-corrected chi connectivity index (χ1v) is 9.13. The Balaban J connectivity index is 1.88. The van der Waals surface area contributed by atoms with Crippen molar-refractivity contribution in [2.75, 3.05) is 47.4 Å². The summed E-state index contributed by atoms with van der Waals surface area (Å²) >= 11 is 0. The molecule has 26 heavy (non-hydrogen) atoms. The fraction of sp³-hybridized carbons (Fsp3) is 0.550. The van der Waals surface area contributed by atoms with Crippen molar-refractivity contribution in [2.24, 2.45) is 0 Å². The van der Waals surface area contributed by atoms with Crippen LogP contribution in [0.15, 0.2) is 30.9 Å². The lowest BCUT2D eigenvalue weighted by Crippen LogP contribution is -2.51. The van der Waals surface area contributed by atoms with E-state index in [0.29, 0.717) is 12.6 Å². The molecule has 1 N–H and O–H groups in total. The Morgan fingerprint density at radius 2 is 2.15 bits per heavy atom. The molecule has 1 aliphatic rings. The highest BCUT2D eigenvalue weighted by Crippen LogP contribution is 2.27. The van der Waals surface area contributed by atoms with Gasteiger partial charge in [0.15, 0.2) is 11.5 Å². The number of hydrogen-bond acceptors (Lipinski definition) is 4. The predicted molar refractivity (Wildman–Crippen MR) is 104 cm³/mol. The standard InChI is InChI=1S/C20H31N3O3/c1-5-11-21-20(24)23-12-6-7-17(15-23)22(2)13-10-16-8-9-18(25-3)19(14-16)26-4/h5,8-9,14,17H,1,6-7,10-13,15H2,2-4H3,(H,21,24). The normalized spacial score (nSPS) is 17.1. The van der Waals surface area contributed by atoms with Gasteiger partial charge in [0.25, 0.3) is 0 Å². The predicted octanol–water partition coefficient (Wildman–Crippen LogP) is 2.54. The number of amides is 2. The summed E-state index contributed by atoms with van der Waals surface area (Å²) in [5, 5.41) is 2.87. The van der Waals surface area contributed by atoms with Gasteiger partial charge in [-0.3, -0.25) is 0 Å². The molecule has 1 aromatic rings. The number of methoxy groups -OCH3 is 2. The van der Waals surface area contributed by atoms with E-state index in [0.717, 1.165) is 50.4 Å². The summed E-state index contributed by atoms with van der Waals surface area (Å²) in [5.74, 6) is 1.51. The van der Waals surface area contributed by atoms with E-state index in [9.17, 15) is 4.79 Å². The minimum atomic E-state index is 0.00268. The molecule has 2 amide bonds. The molecule has 1 heterocycles. The minimum absolute atomic E-state index is 0.00268. The highest BCUT2D eigenvalue weighted by Gasteiger charge is 2.25. The Morgan fingerprint density at radius 3 is 2.85 bits per heavy atom. The first kappa shape index (κ1) is 20.1. The SMILES string of the molecule is C=CCNC(=O)N1CCCC(N(C)CCc2ccc(OC)c(OC)c2)C1. The molecule has 0 spiro atoms. The number of carbonyl (C=O) groups excluding carboxylic acids is 1. The molecule has 0 aliphatic carbocycles. The summed E-state index contributed by atoms with van der Waals surface area (Å²) in [4.78, 5) is 16.4. The van der Waals surface area contributed by atoms with Crippen LogP contribution in [-0.2, 0) is 6.42 Å². The van der Waals surface area contributed by atoms with E-state index in [4.69, 9.17) is 9.47 Å². The summed E-state index contributed by atoms with van der Waals surface area (Å²) < 4.78 is 10.7. The number of ether oxygens (including phenoxy) is 2. The van der Waals surface area contributed by atoms with Crippen molar-refractivity contribution in [1.29, 1.82) is 0 Å². The number of urea groups is 1. The van der Waals surface area contributed by atoms with E-state index in [1.54, 1.807) is 20.3 Å². The van der Waals surface area contributed by atoms with Crippen molar-refractivity contribution in [1.82, 2.24) is 15.1 Å². The molecule has 1 unspecified atom stereocenters. The van der Waals surface area contributed by atoms with Crippen LogP contribution in [0.3, 0.4) is 0 Å². The van der Waals surface area contributed by atoms with Crippen LogP contribution in [0.4, 0.5) is 4.79 Å². The molecule has 2 rings (SSSR count). The smallest absolute Gasteiger partial charge is 0.317 e.